The Hall–Kier alpha value is -2.95. The minimum absolute atomic E-state index is 0.0399. The standard InChI is InChI=1S/C10H12O2.C8H8O3/c1-3-4-8-5-6-9(11)10(7-8)12-2;1-11-8-4-6(5-9)2-3-7(8)10/h3,5-7,11H,1,4H2,2H3;2-5,10H,1H3. The zero-order valence-corrected chi connectivity index (χ0v) is 13.2. The first kappa shape index (κ1) is 18.1. The Morgan fingerprint density at radius 1 is 1.00 bits per heavy atom. The lowest BCUT2D eigenvalue weighted by Gasteiger charge is -2.04. The molecule has 0 saturated heterocycles. The first-order valence-electron chi connectivity index (χ1n) is 6.84. The molecular formula is C18H20O5. The van der Waals surface area contributed by atoms with E-state index in [0.29, 0.717) is 23.3 Å². The number of rotatable bonds is 5. The topological polar surface area (TPSA) is 76.0 Å². The summed E-state index contributed by atoms with van der Waals surface area (Å²) in [6.07, 6.45) is 3.30. The Bertz CT molecular complexity index is 664. The Morgan fingerprint density at radius 3 is 2.09 bits per heavy atom. The van der Waals surface area contributed by atoms with Gasteiger partial charge in [-0.1, -0.05) is 12.1 Å². The van der Waals surface area contributed by atoms with Gasteiger partial charge in [0.05, 0.1) is 14.2 Å². The van der Waals surface area contributed by atoms with Crippen LogP contribution in [0.4, 0.5) is 0 Å². The molecule has 0 spiro atoms. The van der Waals surface area contributed by atoms with Crippen LogP contribution in [0.5, 0.6) is 23.0 Å². The normalized spacial score (nSPS) is 9.30. The Kier molecular flexibility index (Phi) is 7.20. The van der Waals surface area contributed by atoms with Crippen molar-refractivity contribution < 1.29 is 24.5 Å². The molecule has 0 aliphatic heterocycles. The van der Waals surface area contributed by atoms with Gasteiger partial charge < -0.3 is 19.7 Å². The molecule has 0 aliphatic rings. The summed E-state index contributed by atoms with van der Waals surface area (Å²) in [5.74, 6) is 1.03. The number of benzene rings is 2. The molecule has 0 bridgehead atoms. The smallest absolute Gasteiger partial charge is 0.161 e. The number of carbonyl (C=O) groups excluding carboxylic acids is 1. The fourth-order valence-corrected chi connectivity index (χ4v) is 1.78. The lowest BCUT2D eigenvalue weighted by Crippen LogP contribution is -1.86. The maximum Gasteiger partial charge on any atom is 0.161 e. The fourth-order valence-electron chi connectivity index (χ4n) is 1.78. The molecular weight excluding hydrogens is 296 g/mol. The maximum absolute atomic E-state index is 10.2. The van der Waals surface area contributed by atoms with Crippen LogP contribution in [0, 0.1) is 0 Å². The summed E-state index contributed by atoms with van der Waals surface area (Å²) in [6.45, 7) is 3.63. The summed E-state index contributed by atoms with van der Waals surface area (Å²) in [7, 11) is 2.97. The summed E-state index contributed by atoms with van der Waals surface area (Å²) in [6, 6.07) is 9.68. The predicted octanol–water partition coefficient (Wildman–Crippen LogP) is 3.34. The van der Waals surface area contributed by atoms with Gasteiger partial charge in [0.1, 0.15) is 6.29 Å². The van der Waals surface area contributed by atoms with Gasteiger partial charge in [0, 0.05) is 5.56 Å². The van der Waals surface area contributed by atoms with E-state index in [1.807, 2.05) is 12.1 Å². The number of phenols is 2. The van der Waals surface area contributed by atoms with Crippen LogP contribution in [0.2, 0.25) is 0 Å². The van der Waals surface area contributed by atoms with E-state index in [9.17, 15) is 9.90 Å². The third kappa shape index (κ3) is 5.39. The Labute approximate surface area is 135 Å². The van der Waals surface area contributed by atoms with Crippen molar-refractivity contribution in [2.45, 2.75) is 6.42 Å². The average molecular weight is 316 g/mol. The van der Waals surface area contributed by atoms with Crippen LogP contribution in [0.25, 0.3) is 0 Å². The highest BCUT2D eigenvalue weighted by Crippen LogP contribution is 2.26. The van der Waals surface area contributed by atoms with Crippen molar-refractivity contribution >= 4 is 6.29 Å². The van der Waals surface area contributed by atoms with E-state index < -0.39 is 0 Å². The molecule has 0 unspecified atom stereocenters. The van der Waals surface area contributed by atoms with Gasteiger partial charge in [-0.25, -0.2) is 0 Å². The second kappa shape index (κ2) is 9.15. The van der Waals surface area contributed by atoms with E-state index in [1.54, 1.807) is 12.1 Å². The number of aldehydes is 1. The summed E-state index contributed by atoms with van der Waals surface area (Å²) in [5, 5.41) is 18.3. The number of hydrogen-bond donors (Lipinski definition) is 2. The molecule has 2 rings (SSSR count). The molecule has 0 saturated carbocycles. The lowest BCUT2D eigenvalue weighted by atomic mass is 10.1. The van der Waals surface area contributed by atoms with Crippen molar-refractivity contribution in [3.8, 4) is 23.0 Å². The molecule has 0 amide bonds. The highest BCUT2D eigenvalue weighted by atomic mass is 16.5. The van der Waals surface area contributed by atoms with Gasteiger partial charge in [-0.3, -0.25) is 4.79 Å². The predicted molar refractivity (Wildman–Crippen MR) is 88.6 cm³/mol. The van der Waals surface area contributed by atoms with Gasteiger partial charge in [0.25, 0.3) is 0 Å². The van der Waals surface area contributed by atoms with E-state index in [1.165, 1.54) is 32.4 Å². The van der Waals surface area contributed by atoms with E-state index in [-0.39, 0.29) is 11.5 Å². The summed E-state index contributed by atoms with van der Waals surface area (Å²) >= 11 is 0. The van der Waals surface area contributed by atoms with Crippen LogP contribution >= 0.6 is 0 Å². The average Bonchev–Trinajstić information content (AvgIpc) is 2.58. The summed E-state index contributed by atoms with van der Waals surface area (Å²) in [4.78, 5) is 10.2. The van der Waals surface area contributed by atoms with E-state index >= 15 is 0 Å². The largest absolute Gasteiger partial charge is 0.504 e. The number of aromatic hydroxyl groups is 2. The molecule has 0 fully saturated rings. The number of methoxy groups -OCH3 is 2. The zero-order valence-electron chi connectivity index (χ0n) is 13.2. The second-order valence-electron chi connectivity index (χ2n) is 4.55. The van der Waals surface area contributed by atoms with Crippen molar-refractivity contribution in [3.05, 3.63) is 60.2 Å². The lowest BCUT2D eigenvalue weighted by molar-refractivity contribution is 0.112. The van der Waals surface area contributed by atoms with Crippen molar-refractivity contribution in [1.82, 2.24) is 0 Å². The summed E-state index contributed by atoms with van der Waals surface area (Å²) < 4.78 is 9.73. The van der Waals surface area contributed by atoms with Crippen LogP contribution in [0.15, 0.2) is 49.1 Å². The Balaban J connectivity index is 0.000000231. The zero-order chi connectivity index (χ0) is 17.2. The molecule has 122 valence electrons. The summed E-state index contributed by atoms with van der Waals surface area (Å²) in [5.41, 5.74) is 1.57. The molecule has 5 nitrogen and oxygen atoms in total. The van der Waals surface area contributed by atoms with Crippen LogP contribution in [0.3, 0.4) is 0 Å². The quantitative estimate of drug-likeness (QED) is 0.653. The van der Waals surface area contributed by atoms with Gasteiger partial charge in [0.15, 0.2) is 23.0 Å². The van der Waals surface area contributed by atoms with Crippen LogP contribution in [-0.4, -0.2) is 30.7 Å². The van der Waals surface area contributed by atoms with Crippen LogP contribution < -0.4 is 9.47 Å². The van der Waals surface area contributed by atoms with E-state index in [0.717, 1.165) is 12.0 Å². The molecule has 0 atom stereocenters. The molecule has 0 heterocycles. The van der Waals surface area contributed by atoms with Crippen molar-refractivity contribution in [3.63, 3.8) is 0 Å². The highest BCUT2D eigenvalue weighted by molar-refractivity contribution is 5.76. The Morgan fingerprint density at radius 2 is 1.57 bits per heavy atom. The van der Waals surface area contributed by atoms with Gasteiger partial charge in [-0.05, 0) is 42.3 Å². The van der Waals surface area contributed by atoms with Crippen LogP contribution in [0.1, 0.15) is 15.9 Å². The van der Waals surface area contributed by atoms with Crippen LogP contribution in [-0.2, 0) is 6.42 Å². The first-order chi connectivity index (χ1) is 11.0. The SMILES string of the molecule is C=CCc1ccc(O)c(OC)c1.COc1cc(C=O)ccc1O. The molecule has 5 heteroatoms. The minimum Gasteiger partial charge on any atom is -0.504 e. The van der Waals surface area contributed by atoms with E-state index in [4.69, 9.17) is 14.6 Å². The molecule has 0 aliphatic carbocycles. The molecule has 0 radical (unpaired) electrons. The fraction of sp³-hybridized carbons (Fsp3) is 0.167. The molecule has 23 heavy (non-hydrogen) atoms. The molecule has 2 aromatic rings. The number of phenolic OH excluding ortho intramolecular Hbond substituents is 2. The number of allylic oxidation sites excluding steroid dienone is 1. The van der Waals surface area contributed by atoms with Gasteiger partial charge in [-0.15, -0.1) is 6.58 Å². The van der Waals surface area contributed by atoms with Crippen molar-refractivity contribution in [1.29, 1.82) is 0 Å². The maximum atomic E-state index is 10.2. The van der Waals surface area contributed by atoms with Crippen molar-refractivity contribution in [2.75, 3.05) is 14.2 Å². The van der Waals surface area contributed by atoms with Gasteiger partial charge in [-0.2, -0.15) is 0 Å². The van der Waals surface area contributed by atoms with E-state index in [2.05, 4.69) is 6.58 Å². The number of hydrogen-bond acceptors (Lipinski definition) is 5. The number of ether oxygens (including phenoxy) is 2. The monoisotopic (exact) mass is 316 g/mol. The minimum atomic E-state index is 0.0399. The number of carbonyl (C=O) groups is 1. The first-order valence-corrected chi connectivity index (χ1v) is 6.84. The van der Waals surface area contributed by atoms with Gasteiger partial charge in [0.2, 0.25) is 0 Å². The van der Waals surface area contributed by atoms with Crippen molar-refractivity contribution in [2.24, 2.45) is 0 Å². The van der Waals surface area contributed by atoms with Gasteiger partial charge >= 0.3 is 0 Å². The second-order valence-corrected chi connectivity index (χ2v) is 4.55. The third-order valence-corrected chi connectivity index (χ3v) is 2.96. The molecule has 2 N–H and O–H groups in total. The molecule has 0 aromatic heterocycles. The highest BCUT2D eigenvalue weighted by Gasteiger charge is 2.01. The third-order valence-electron chi connectivity index (χ3n) is 2.96. The molecule has 2 aromatic carbocycles.